The van der Waals surface area contributed by atoms with Crippen LogP contribution in [0.3, 0.4) is 0 Å². The SMILES string of the molecule is CCn1nc(C)c(-c2ccccc2OC(C)=O)c1-c1ccc([N+](=O)[O-])cc1. The second-order valence-electron chi connectivity index (χ2n) is 6.02. The highest BCUT2D eigenvalue weighted by molar-refractivity contribution is 5.87. The van der Waals surface area contributed by atoms with Crippen LogP contribution in [0, 0.1) is 17.0 Å². The van der Waals surface area contributed by atoms with E-state index in [2.05, 4.69) is 5.10 Å². The number of carbonyl (C=O) groups excluding carboxylic acids is 1. The monoisotopic (exact) mass is 365 g/mol. The minimum absolute atomic E-state index is 0.0277. The number of para-hydroxylation sites is 1. The summed E-state index contributed by atoms with van der Waals surface area (Å²) >= 11 is 0. The number of nitrogens with zero attached hydrogens (tertiary/aromatic N) is 3. The molecule has 3 aromatic rings. The normalized spacial score (nSPS) is 10.6. The number of rotatable bonds is 5. The molecule has 0 saturated carbocycles. The zero-order valence-corrected chi connectivity index (χ0v) is 15.3. The number of aromatic nitrogens is 2. The molecule has 3 rings (SSSR count). The Morgan fingerprint density at radius 1 is 1.19 bits per heavy atom. The lowest BCUT2D eigenvalue weighted by atomic mass is 9.98. The van der Waals surface area contributed by atoms with E-state index in [0.29, 0.717) is 12.3 Å². The summed E-state index contributed by atoms with van der Waals surface area (Å²) in [7, 11) is 0. The predicted octanol–water partition coefficient (Wildman–Crippen LogP) is 4.38. The molecule has 0 radical (unpaired) electrons. The molecule has 138 valence electrons. The Balaban J connectivity index is 2.22. The number of hydrogen-bond acceptors (Lipinski definition) is 5. The van der Waals surface area contributed by atoms with E-state index in [0.717, 1.165) is 28.1 Å². The van der Waals surface area contributed by atoms with Crippen molar-refractivity contribution in [3.8, 4) is 28.1 Å². The molecule has 0 spiro atoms. The number of hydrogen-bond donors (Lipinski definition) is 0. The van der Waals surface area contributed by atoms with Crippen molar-refractivity contribution < 1.29 is 14.5 Å². The Morgan fingerprint density at radius 3 is 2.44 bits per heavy atom. The Bertz CT molecular complexity index is 1010. The molecular formula is C20H19N3O4. The van der Waals surface area contributed by atoms with Crippen molar-refractivity contribution in [2.24, 2.45) is 0 Å². The van der Waals surface area contributed by atoms with Gasteiger partial charge in [0, 0.05) is 42.3 Å². The molecule has 7 nitrogen and oxygen atoms in total. The molecule has 2 aromatic carbocycles. The first-order valence-electron chi connectivity index (χ1n) is 8.52. The van der Waals surface area contributed by atoms with E-state index in [1.807, 2.05) is 30.7 Å². The summed E-state index contributed by atoms with van der Waals surface area (Å²) in [5, 5.41) is 15.6. The molecule has 1 aromatic heterocycles. The summed E-state index contributed by atoms with van der Waals surface area (Å²) in [6, 6.07) is 13.6. The molecular weight excluding hydrogens is 346 g/mol. The van der Waals surface area contributed by atoms with Crippen molar-refractivity contribution >= 4 is 11.7 Å². The van der Waals surface area contributed by atoms with E-state index < -0.39 is 10.9 Å². The van der Waals surface area contributed by atoms with Gasteiger partial charge in [-0.2, -0.15) is 5.10 Å². The molecule has 0 N–H and O–H groups in total. The van der Waals surface area contributed by atoms with Gasteiger partial charge in [-0.15, -0.1) is 0 Å². The van der Waals surface area contributed by atoms with Crippen molar-refractivity contribution in [3.05, 3.63) is 64.3 Å². The van der Waals surface area contributed by atoms with Crippen LogP contribution in [0.15, 0.2) is 48.5 Å². The maximum absolute atomic E-state index is 11.5. The number of nitro groups is 1. The summed E-state index contributed by atoms with van der Waals surface area (Å²) in [5.41, 5.74) is 4.02. The average molecular weight is 365 g/mol. The van der Waals surface area contributed by atoms with E-state index in [4.69, 9.17) is 4.74 Å². The summed E-state index contributed by atoms with van der Waals surface area (Å²) < 4.78 is 7.22. The van der Waals surface area contributed by atoms with Gasteiger partial charge >= 0.3 is 5.97 Å². The highest BCUT2D eigenvalue weighted by Gasteiger charge is 2.21. The van der Waals surface area contributed by atoms with Gasteiger partial charge in [0.15, 0.2) is 0 Å². The second-order valence-corrected chi connectivity index (χ2v) is 6.02. The van der Waals surface area contributed by atoms with Gasteiger partial charge < -0.3 is 4.74 Å². The number of non-ortho nitro benzene ring substituents is 1. The van der Waals surface area contributed by atoms with Crippen LogP contribution in [0.5, 0.6) is 5.75 Å². The third-order valence-corrected chi connectivity index (χ3v) is 4.19. The summed E-state index contributed by atoms with van der Waals surface area (Å²) in [4.78, 5) is 22.0. The zero-order chi connectivity index (χ0) is 19.6. The van der Waals surface area contributed by atoms with Crippen molar-refractivity contribution in [1.82, 2.24) is 9.78 Å². The molecule has 0 aliphatic heterocycles. The van der Waals surface area contributed by atoms with Gasteiger partial charge in [-0.1, -0.05) is 18.2 Å². The van der Waals surface area contributed by atoms with E-state index in [9.17, 15) is 14.9 Å². The van der Waals surface area contributed by atoms with Crippen LogP contribution >= 0.6 is 0 Å². The van der Waals surface area contributed by atoms with Gasteiger partial charge in [-0.05, 0) is 32.0 Å². The maximum atomic E-state index is 11.5. The first kappa shape index (κ1) is 18.3. The fraction of sp³-hybridized carbons (Fsp3) is 0.200. The predicted molar refractivity (Wildman–Crippen MR) is 101 cm³/mol. The third-order valence-electron chi connectivity index (χ3n) is 4.19. The van der Waals surface area contributed by atoms with Crippen LogP contribution in [-0.2, 0) is 11.3 Å². The molecule has 0 unspecified atom stereocenters. The first-order valence-corrected chi connectivity index (χ1v) is 8.52. The van der Waals surface area contributed by atoms with Crippen LogP contribution in [0.4, 0.5) is 5.69 Å². The highest BCUT2D eigenvalue weighted by Crippen LogP contribution is 2.40. The average Bonchev–Trinajstić information content (AvgIpc) is 2.98. The van der Waals surface area contributed by atoms with Crippen LogP contribution in [-0.4, -0.2) is 20.7 Å². The Morgan fingerprint density at radius 2 is 1.85 bits per heavy atom. The third kappa shape index (κ3) is 3.57. The standard InChI is InChI=1S/C20H19N3O4/c1-4-22-20(15-9-11-16(12-10-15)23(25)26)19(13(2)21-22)17-7-5-6-8-18(17)27-14(3)24/h5-12H,4H2,1-3H3. The summed E-state index contributed by atoms with van der Waals surface area (Å²) in [5.74, 6) is 0.0480. The molecule has 0 aliphatic carbocycles. The van der Waals surface area contributed by atoms with Crippen LogP contribution in [0.2, 0.25) is 0 Å². The molecule has 27 heavy (non-hydrogen) atoms. The van der Waals surface area contributed by atoms with Crippen molar-refractivity contribution in [2.75, 3.05) is 0 Å². The second kappa shape index (κ2) is 7.41. The Kier molecular flexibility index (Phi) is 5.03. The largest absolute Gasteiger partial charge is 0.426 e. The van der Waals surface area contributed by atoms with Gasteiger partial charge in [0.2, 0.25) is 0 Å². The van der Waals surface area contributed by atoms with Crippen LogP contribution in [0.25, 0.3) is 22.4 Å². The minimum Gasteiger partial charge on any atom is -0.426 e. The topological polar surface area (TPSA) is 87.3 Å². The van der Waals surface area contributed by atoms with E-state index in [1.165, 1.54) is 19.1 Å². The zero-order valence-electron chi connectivity index (χ0n) is 15.3. The molecule has 0 fully saturated rings. The highest BCUT2D eigenvalue weighted by atomic mass is 16.6. The van der Waals surface area contributed by atoms with Gasteiger partial charge in [-0.3, -0.25) is 19.6 Å². The molecule has 0 saturated heterocycles. The number of esters is 1. The molecule has 0 amide bonds. The van der Waals surface area contributed by atoms with Crippen molar-refractivity contribution in [3.63, 3.8) is 0 Å². The van der Waals surface area contributed by atoms with Crippen molar-refractivity contribution in [2.45, 2.75) is 27.3 Å². The Labute approximate surface area is 156 Å². The van der Waals surface area contributed by atoms with E-state index in [1.54, 1.807) is 24.3 Å². The lowest BCUT2D eigenvalue weighted by molar-refractivity contribution is -0.384. The van der Waals surface area contributed by atoms with E-state index in [-0.39, 0.29) is 5.69 Å². The van der Waals surface area contributed by atoms with Crippen LogP contribution in [0.1, 0.15) is 19.5 Å². The molecule has 0 aliphatic rings. The number of carbonyl (C=O) groups is 1. The number of benzene rings is 2. The van der Waals surface area contributed by atoms with Crippen LogP contribution < -0.4 is 4.74 Å². The van der Waals surface area contributed by atoms with E-state index >= 15 is 0 Å². The van der Waals surface area contributed by atoms with Gasteiger partial charge in [-0.25, -0.2) is 0 Å². The quantitative estimate of drug-likeness (QED) is 0.290. The lowest BCUT2D eigenvalue weighted by Crippen LogP contribution is -2.03. The molecule has 1 heterocycles. The Hall–Kier alpha value is -3.48. The summed E-state index contributed by atoms with van der Waals surface area (Å²) in [6.07, 6.45) is 0. The fourth-order valence-electron chi connectivity index (χ4n) is 3.08. The van der Waals surface area contributed by atoms with Gasteiger partial charge in [0.1, 0.15) is 5.75 Å². The number of aryl methyl sites for hydroxylation is 2. The molecule has 0 atom stereocenters. The lowest BCUT2D eigenvalue weighted by Gasteiger charge is -2.12. The number of nitro benzene ring substituents is 1. The first-order chi connectivity index (χ1) is 12.9. The number of ether oxygens (including phenoxy) is 1. The molecule has 7 heteroatoms. The van der Waals surface area contributed by atoms with Gasteiger partial charge in [0.05, 0.1) is 16.3 Å². The fourth-order valence-corrected chi connectivity index (χ4v) is 3.08. The van der Waals surface area contributed by atoms with Crippen molar-refractivity contribution in [1.29, 1.82) is 0 Å². The smallest absolute Gasteiger partial charge is 0.308 e. The van der Waals surface area contributed by atoms with Gasteiger partial charge in [0.25, 0.3) is 5.69 Å². The summed E-state index contributed by atoms with van der Waals surface area (Å²) in [6.45, 7) is 5.85. The molecule has 0 bridgehead atoms. The minimum atomic E-state index is -0.428. The maximum Gasteiger partial charge on any atom is 0.308 e.